The van der Waals surface area contributed by atoms with Gasteiger partial charge in [-0.25, -0.2) is 0 Å². The summed E-state index contributed by atoms with van der Waals surface area (Å²) in [6, 6.07) is 4.98. The maximum Gasteiger partial charge on any atom is 0.279 e. The fourth-order valence-corrected chi connectivity index (χ4v) is 2.15. The van der Waals surface area contributed by atoms with Crippen LogP contribution in [0.1, 0.15) is 0 Å². The second kappa shape index (κ2) is 8.67. The van der Waals surface area contributed by atoms with Gasteiger partial charge >= 0.3 is 0 Å². The van der Waals surface area contributed by atoms with Gasteiger partial charge in [0.2, 0.25) is 0 Å². The molecular formula is C14H18Cl2N3O2+. The van der Waals surface area contributed by atoms with E-state index in [2.05, 4.69) is 17.2 Å². The normalized spacial score (nSPS) is 11.6. The van der Waals surface area contributed by atoms with Gasteiger partial charge < -0.3 is 15.5 Å². The maximum absolute atomic E-state index is 11.9. The largest absolute Gasteiger partial charge is 0.348 e. The average molecular weight is 331 g/mol. The molecule has 0 aliphatic rings. The van der Waals surface area contributed by atoms with E-state index in [0.29, 0.717) is 22.3 Å². The van der Waals surface area contributed by atoms with Crippen molar-refractivity contribution in [3.63, 3.8) is 0 Å². The topological polar surface area (TPSA) is 62.6 Å². The van der Waals surface area contributed by atoms with Crippen molar-refractivity contribution in [3.05, 3.63) is 40.9 Å². The highest BCUT2D eigenvalue weighted by molar-refractivity contribution is 6.39. The molecule has 2 amide bonds. The Kier molecular flexibility index (Phi) is 7.22. The van der Waals surface area contributed by atoms with Crippen molar-refractivity contribution in [2.75, 3.05) is 32.0 Å². The van der Waals surface area contributed by atoms with E-state index < -0.39 is 0 Å². The third-order valence-corrected chi connectivity index (χ3v) is 3.23. The predicted octanol–water partition coefficient (Wildman–Crippen LogP) is 0.749. The van der Waals surface area contributed by atoms with E-state index in [9.17, 15) is 9.59 Å². The molecule has 0 spiro atoms. The molecule has 5 nitrogen and oxygen atoms in total. The number of anilines is 1. The monoisotopic (exact) mass is 330 g/mol. The number of amides is 2. The zero-order valence-corrected chi connectivity index (χ0v) is 13.2. The molecule has 0 heterocycles. The van der Waals surface area contributed by atoms with Gasteiger partial charge in [-0.1, -0.05) is 35.3 Å². The van der Waals surface area contributed by atoms with Gasteiger partial charge in [-0.15, -0.1) is 6.58 Å². The summed E-state index contributed by atoms with van der Waals surface area (Å²) in [5, 5.41) is 6.05. The molecule has 1 aromatic carbocycles. The molecule has 0 radical (unpaired) electrons. The summed E-state index contributed by atoms with van der Waals surface area (Å²) < 4.78 is 0. The Labute approximate surface area is 133 Å². The maximum atomic E-state index is 11.9. The number of halogens is 2. The van der Waals surface area contributed by atoms with Crippen molar-refractivity contribution in [2.24, 2.45) is 0 Å². The Hall–Kier alpha value is -1.56. The first-order chi connectivity index (χ1) is 9.93. The minimum Gasteiger partial charge on any atom is -0.348 e. The summed E-state index contributed by atoms with van der Waals surface area (Å²) >= 11 is 11.9. The highest BCUT2D eigenvalue weighted by Crippen LogP contribution is 2.29. The van der Waals surface area contributed by atoms with Crippen molar-refractivity contribution in [1.29, 1.82) is 0 Å². The molecule has 0 saturated carbocycles. The first kappa shape index (κ1) is 17.5. The number of nitrogens with one attached hydrogen (secondary N) is 3. The fraction of sp³-hybridized carbons (Fsp3) is 0.286. The summed E-state index contributed by atoms with van der Waals surface area (Å²) in [5.41, 5.74) is 0.384. The van der Waals surface area contributed by atoms with E-state index in [1.54, 1.807) is 31.3 Å². The van der Waals surface area contributed by atoms with Crippen LogP contribution in [-0.4, -0.2) is 38.5 Å². The second-order valence-electron chi connectivity index (χ2n) is 4.55. The molecule has 1 aromatic rings. The number of benzene rings is 1. The summed E-state index contributed by atoms with van der Waals surface area (Å²) in [6.07, 6.45) is 1.60. The van der Waals surface area contributed by atoms with Crippen LogP contribution >= 0.6 is 23.2 Å². The number of hydrogen-bond donors (Lipinski definition) is 3. The lowest BCUT2D eigenvalue weighted by atomic mass is 10.3. The number of carbonyl (C=O) groups is 2. The van der Waals surface area contributed by atoms with Gasteiger partial charge in [0.1, 0.15) is 0 Å². The SMILES string of the molecule is C=CCNC(=O)C[NH+](C)CC(=O)Nc1c(Cl)cccc1Cl. The number of para-hydroxylation sites is 1. The molecule has 7 heteroatoms. The number of carbonyl (C=O) groups excluding carboxylic acids is 2. The van der Waals surface area contributed by atoms with Crippen LogP contribution in [0.25, 0.3) is 0 Å². The van der Waals surface area contributed by atoms with Crippen LogP contribution in [-0.2, 0) is 9.59 Å². The number of likely N-dealkylation sites (N-methyl/N-ethyl adjacent to an activating group) is 1. The molecule has 0 bridgehead atoms. The molecule has 21 heavy (non-hydrogen) atoms. The number of hydrogen-bond acceptors (Lipinski definition) is 2. The van der Waals surface area contributed by atoms with Crippen LogP contribution in [0.15, 0.2) is 30.9 Å². The molecule has 114 valence electrons. The Bertz CT molecular complexity index is 515. The van der Waals surface area contributed by atoms with Gasteiger partial charge in [-0.05, 0) is 12.1 Å². The van der Waals surface area contributed by atoms with Crippen LogP contribution < -0.4 is 15.5 Å². The Balaban J connectivity index is 2.50. The number of rotatable bonds is 7. The van der Waals surface area contributed by atoms with Gasteiger partial charge in [0, 0.05) is 6.54 Å². The lowest BCUT2D eigenvalue weighted by Crippen LogP contribution is -3.11. The predicted molar refractivity (Wildman–Crippen MR) is 84.9 cm³/mol. The highest BCUT2D eigenvalue weighted by Gasteiger charge is 2.15. The summed E-state index contributed by atoms with van der Waals surface area (Å²) in [4.78, 5) is 24.2. The van der Waals surface area contributed by atoms with E-state index in [1.807, 2.05) is 0 Å². The van der Waals surface area contributed by atoms with Gasteiger partial charge in [0.15, 0.2) is 13.1 Å². The molecule has 0 aliphatic carbocycles. The minimum absolute atomic E-state index is 0.128. The van der Waals surface area contributed by atoms with Crippen LogP contribution in [0.3, 0.4) is 0 Å². The van der Waals surface area contributed by atoms with Crippen molar-refractivity contribution < 1.29 is 14.5 Å². The molecule has 1 atom stereocenters. The molecule has 0 aliphatic heterocycles. The summed E-state index contributed by atoms with van der Waals surface area (Å²) in [6.45, 7) is 4.24. The second-order valence-corrected chi connectivity index (χ2v) is 5.36. The summed E-state index contributed by atoms with van der Waals surface area (Å²) in [5.74, 6) is -0.407. The molecule has 3 N–H and O–H groups in total. The molecular weight excluding hydrogens is 313 g/mol. The first-order valence-corrected chi connectivity index (χ1v) is 7.12. The molecule has 0 fully saturated rings. The van der Waals surface area contributed by atoms with Crippen molar-refractivity contribution in [2.45, 2.75) is 0 Å². The number of quaternary nitrogens is 1. The Morgan fingerprint density at radius 3 is 2.38 bits per heavy atom. The van der Waals surface area contributed by atoms with Crippen LogP contribution in [0.5, 0.6) is 0 Å². The average Bonchev–Trinajstić information content (AvgIpc) is 2.40. The van der Waals surface area contributed by atoms with Crippen LogP contribution in [0, 0.1) is 0 Å². The fourth-order valence-electron chi connectivity index (χ4n) is 1.66. The molecule has 1 unspecified atom stereocenters. The highest BCUT2D eigenvalue weighted by atomic mass is 35.5. The van der Waals surface area contributed by atoms with E-state index in [0.717, 1.165) is 4.90 Å². The van der Waals surface area contributed by atoms with E-state index >= 15 is 0 Å². The summed E-state index contributed by atoms with van der Waals surface area (Å²) in [7, 11) is 1.75. The lowest BCUT2D eigenvalue weighted by molar-refractivity contribution is -0.862. The zero-order chi connectivity index (χ0) is 15.8. The molecule has 1 rings (SSSR count). The van der Waals surface area contributed by atoms with Gasteiger partial charge in [0.05, 0.1) is 22.8 Å². The third-order valence-electron chi connectivity index (χ3n) is 2.60. The van der Waals surface area contributed by atoms with E-state index in [4.69, 9.17) is 23.2 Å². The molecule has 0 saturated heterocycles. The van der Waals surface area contributed by atoms with Gasteiger partial charge in [-0.3, -0.25) is 9.59 Å². The van der Waals surface area contributed by atoms with Crippen molar-refractivity contribution >= 4 is 40.7 Å². The van der Waals surface area contributed by atoms with Crippen molar-refractivity contribution in [3.8, 4) is 0 Å². The van der Waals surface area contributed by atoms with Gasteiger partial charge in [-0.2, -0.15) is 0 Å². The standard InChI is InChI=1S/C14H17Cl2N3O2/c1-3-7-17-12(20)8-19(2)9-13(21)18-14-10(15)5-4-6-11(14)16/h3-6H,1,7-9H2,2H3,(H,17,20)(H,18,21)/p+1. The smallest absolute Gasteiger partial charge is 0.279 e. The van der Waals surface area contributed by atoms with Crippen LogP contribution in [0.4, 0.5) is 5.69 Å². The molecule has 0 aromatic heterocycles. The quantitative estimate of drug-likeness (QED) is 0.646. The zero-order valence-electron chi connectivity index (χ0n) is 11.7. The first-order valence-electron chi connectivity index (χ1n) is 6.36. The van der Waals surface area contributed by atoms with E-state index in [-0.39, 0.29) is 24.9 Å². The Morgan fingerprint density at radius 2 is 1.81 bits per heavy atom. The Morgan fingerprint density at radius 1 is 1.24 bits per heavy atom. The van der Waals surface area contributed by atoms with Gasteiger partial charge in [0.25, 0.3) is 11.8 Å². The third kappa shape index (κ3) is 6.16. The lowest BCUT2D eigenvalue weighted by Gasteiger charge is -2.14. The van der Waals surface area contributed by atoms with Crippen molar-refractivity contribution in [1.82, 2.24) is 5.32 Å². The van der Waals surface area contributed by atoms with Crippen LogP contribution in [0.2, 0.25) is 10.0 Å². The minimum atomic E-state index is -0.265. The van der Waals surface area contributed by atoms with E-state index in [1.165, 1.54) is 0 Å².